The zero-order valence-electron chi connectivity index (χ0n) is 11.0. The number of rotatable bonds is 4. The molecule has 1 N–H and O–H groups in total. The Morgan fingerprint density at radius 1 is 1.45 bits per heavy atom. The lowest BCUT2D eigenvalue weighted by molar-refractivity contribution is 0.102. The molecule has 20 heavy (non-hydrogen) atoms. The van der Waals surface area contributed by atoms with E-state index < -0.39 is 5.91 Å². The van der Waals surface area contributed by atoms with Gasteiger partial charge in [-0.2, -0.15) is 0 Å². The summed E-state index contributed by atoms with van der Waals surface area (Å²) in [5.74, 6) is -0.417. The Labute approximate surface area is 129 Å². The lowest BCUT2D eigenvalue weighted by atomic mass is 10.4. The first kappa shape index (κ1) is 15.1. The van der Waals surface area contributed by atoms with Crippen molar-refractivity contribution in [2.24, 2.45) is 0 Å². The average molecular weight is 330 g/mol. The summed E-state index contributed by atoms with van der Waals surface area (Å²) in [6.45, 7) is 5.85. The summed E-state index contributed by atoms with van der Waals surface area (Å²) in [5, 5.41) is 12.5. The number of aryl methyl sites for hydroxylation is 1. The van der Waals surface area contributed by atoms with Crippen LogP contribution in [0.25, 0.3) is 0 Å². The van der Waals surface area contributed by atoms with E-state index in [0.717, 1.165) is 5.01 Å². The maximum Gasteiger partial charge on any atom is 0.277 e. The zero-order chi connectivity index (χ0) is 14.7. The van der Waals surface area contributed by atoms with Crippen molar-refractivity contribution < 1.29 is 4.79 Å². The van der Waals surface area contributed by atoms with E-state index in [1.807, 2.05) is 20.8 Å². The molecule has 0 aliphatic heterocycles. The first-order valence-electron chi connectivity index (χ1n) is 5.76. The van der Waals surface area contributed by atoms with Crippen molar-refractivity contribution in [3.05, 3.63) is 21.9 Å². The van der Waals surface area contributed by atoms with E-state index >= 15 is 0 Å². The highest BCUT2D eigenvalue weighted by Crippen LogP contribution is 2.23. The topological polar surface area (TPSA) is 80.7 Å². The van der Waals surface area contributed by atoms with E-state index in [1.54, 1.807) is 0 Å². The maximum atomic E-state index is 12.1. The third kappa shape index (κ3) is 3.87. The van der Waals surface area contributed by atoms with Gasteiger partial charge < -0.3 is 0 Å². The molecule has 2 heterocycles. The van der Waals surface area contributed by atoms with Gasteiger partial charge in [0.05, 0.1) is 11.2 Å². The van der Waals surface area contributed by atoms with Gasteiger partial charge >= 0.3 is 0 Å². The monoisotopic (exact) mass is 329 g/mol. The number of nitrogens with zero attached hydrogens (tertiary/aromatic N) is 4. The van der Waals surface area contributed by atoms with Crippen LogP contribution in [0.4, 0.5) is 5.13 Å². The molecule has 0 bridgehead atoms. The quantitative estimate of drug-likeness (QED) is 0.686. The summed E-state index contributed by atoms with van der Waals surface area (Å²) >= 11 is 8.72. The van der Waals surface area contributed by atoms with Crippen LogP contribution in [-0.4, -0.2) is 31.3 Å². The van der Waals surface area contributed by atoms with Gasteiger partial charge in [0.25, 0.3) is 5.91 Å². The molecule has 0 saturated carbocycles. The van der Waals surface area contributed by atoms with E-state index in [2.05, 4.69) is 25.5 Å². The molecule has 2 aromatic rings. The van der Waals surface area contributed by atoms with Gasteiger partial charge in [-0.25, -0.2) is 9.97 Å². The van der Waals surface area contributed by atoms with Crippen LogP contribution in [0.2, 0.25) is 5.02 Å². The van der Waals surface area contributed by atoms with Gasteiger partial charge in [0.15, 0.2) is 10.9 Å². The average Bonchev–Trinajstić information content (AvgIpc) is 2.76. The second-order valence-electron chi connectivity index (χ2n) is 4.10. The molecule has 9 heteroatoms. The molecule has 2 aromatic heterocycles. The molecule has 0 atom stereocenters. The standard InChI is InChI=1S/C11H12ClN5OS2/c1-5(2)19-10-13-4-7(12)8(14-10)9(18)15-11-17-16-6(3)20-11/h4-5H,1-3H3,(H,15,17,18). The second kappa shape index (κ2) is 6.47. The third-order valence-electron chi connectivity index (χ3n) is 2.02. The molecule has 0 spiro atoms. The highest BCUT2D eigenvalue weighted by Gasteiger charge is 2.16. The number of hydrogen-bond acceptors (Lipinski definition) is 7. The fraction of sp³-hybridized carbons (Fsp3) is 0.364. The second-order valence-corrected chi connectivity index (χ2v) is 7.23. The minimum Gasteiger partial charge on any atom is -0.295 e. The largest absolute Gasteiger partial charge is 0.295 e. The predicted molar refractivity (Wildman–Crippen MR) is 80.6 cm³/mol. The fourth-order valence-corrected chi connectivity index (χ4v) is 2.72. The van der Waals surface area contributed by atoms with Gasteiger partial charge in [-0.1, -0.05) is 48.5 Å². The first-order valence-corrected chi connectivity index (χ1v) is 7.83. The summed E-state index contributed by atoms with van der Waals surface area (Å²) in [5.41, 5.74) is 0.137. The van der Waals surface area contributed by atoms with Crippen molar-refractivity contribution in [1.29, 1.82) is 0 Å². The van der Waals surface area contributed by atoms with Crippen molar-refractivity contribution in [2.45, 2.75) is 31.2 Å². The molecule has 106 valence electrons. The molecule has 2 rings (SSSR count). The van der Waals surface area contributed by atoms with Crippen LogP contribution in [0.1, 0.15) is 29.3 Å². The first-order chi connectivity index (χ1) is 9.45. The van der Waals surface area contributed by atoms with Crippen LogP contribution < -0.4 is 5.32 Å². The lowest BCUT2D eigenvalue weighted by Crippen LogP contribution is -2.15. The van der Waals surface area contributed by atoms with Crippen LogP contribution >= 0.6 is 34.7 Å². The minimum absolute atomic E-state index is 0.137. The van der Waals surface area contributed by atoms with Gasteiger partial charge in [-0.3, -0.25) is 10.1 Å². The molecule has 0 aliphatic carbocycles. The summed E-state index contributed by atoms with van der Waals surface area (Å²) in [4.78, 5) is 20.4. The molecule has 0 radical (unpaired) electrons. The number of anilines is 1. The number of amides is 1. The lowest BCUT2D eigenvalue weighted by Gasteiger charge is -2.06. The van der Waals surface area contributed by atoms with Crippen molar-refractivity contribution in [1.82, 2.24) is 20.2 Å². The van der Waals surface area contributed by atoms with Crippen LogP contribution in [-0.2, 0) is 0 Å². The number of nitrogens with one attached hydrogen (secondary N) is 1. The summed E-state index contributed by atoms with van der Waals surface area (Å²) < 4.78 is 0. The summed E-state index contributed by atoms with van der Waals surface area (Å²) in [7, 11) is 0. The van der Waals surface area contributed by atoms with E-state index in [0.29, 0.717) is 15.5 Å². The smallest absolute Gasteiger partial charge is 0.277 e. The highest BCUT2D eigenvalue weighted by molar-refractivity contribution is 7.99. The van der Waals surface area contributed by atoms with E-state index in [9.17, 15) is 4.79 Å². The maximum absolute atomic E-state index is 12.1. The van der Waals surface area contributed by atoms with Crippen LogP contribution in [0.15, 0.2) is 11.4 Å². The molecule has 1 amide bonds. The van der Waals surface area contributed by atoms with E-state index in [1.165, 1.54) is 29.3 Å². The molecule has 0 unspecified atom stereocenters. The number of halogens is 1. The van der Waals surface area contributed by atoms with Gasteiger partial charge in [0.1, 0.15) is 5.01 Å². The normalized spacial score (nSPS) is 10.8. The minimum atomic E-state index is -0.417. The predicted octanol–water partition coefficient (Wildman–Crippen LogP) is 3.04. The molecule has 0 aromatic carbocycles. The molecular formula is C11H12ClN5OS2. The van der Waals surface area contributed by atoms with Crippen molar-refractivity contribution in [2.75, 3.05) is 5.32 Å². The van der Waals surface area contributed by atoms with Crippen LogP contribution in [0, 0.1) is 6.92 Å². The molecule has 0 saturated heterocycles. The summed E-state index contributed by atoms with van der Waals surface area (Å²) in [6.07, 6.45) is 1.43. The zero-order valence-corrected chi connectivity index (χ0v) is 13.4. The van der Waals surface area contributed by atoms with Gasteiger partial charge in [-0.15, -0.1) is 10.2 Å². The van der Waals surface area contributed by atoms with Crippen molar-refractivity contribution in [3.8, 4) is 0 Å². The molecule has 0 aliphatic rings. The van der Waals surface area contributed by atoms with Gasteiger partial charge in [0.2, 0.25) is 5.13 Å². The Balaban J connectivity index is 2.20. The van der Waals surface area contributed by atoms with Gasteiger partial charge in [-0.05, 0) is 6.92 Å². The Kier molecular flexibility index (Phi) is 4.90. The Bertz CT molecular complexity index is 631. The summed E-state index contributed by atoms with van der Waals surface area (Å²) in [6, 6.07) is 0. The Morgan fingerprint density at radius 3 is 2.80 bits per heavy atom. The third-order valence-corrected chi connectivity index (χ3v) is 3.93. The Hall–Kier alpha value is -1.25. The van der Waals surface area contributed by atoms with Crippen LogP contribution in [0.5, 0.6) is 0 Å². The van der Waals surface area contributed by atoms with E-state index in [4.69, 9.17) is 11.6 Å². The van der Waals surface area contributed by atoms with Crippen LogP contribution in [0.3, 0.4) is 0 Å². The number of hydrogen-bond donors (Lipinski definition) is 1. The SMILES string of the molecule is Cc1nnc(NC(=O)c2nc(SC(C)C)ncc2Cl)s1. The number of aromatic nitrogens is 4. The molecule has 6 nitrogen and oxygen atoms in total. The van der Waals surface area contributed by atoms with Crippen molar-refractivity contribution in [3.63, 3.8) is 0 Å². The van der Waals surface area contributed by atoms with Crippen molar-refractivity contribution >= 4 is 45.7 Å². The number of carbonyl (C=O) groups is 1. The number of carbonyl (C=O) groups excluding carboxylic acids is 1. The Morgan fingerprint density at radius 2 is 2.20 bits per heavy atom. The fourth-order valence-electron chi connectivity index (χ4n) is 1.28. The highest BCUT2D eigenvalue weighted by atomic mass is 35.5. The van der Waals surface area contributed by atoms with Gasteiger partial charge in [0, 0.05) is 5.25 Å². The molecule has 0 fully saturated rings. The number of thioether (sulfide) groups is 1. The molecular weight excluding hydrogens is 318 g/mol. The van der Waals surface area contributed by atoms with E-state index in [-0.39, 0.29) is 10.7 Å².